The molecule has 0 saturated heterocycles. The van der Waals surface area contributed by atoms with Gasteiger partial charge < -0.3 is 10.2 Å². The van der Waals surface area contributed by atoms with Crippen molar-refractivity contribution in [1.82, 2.24) is 0 Å². The van der Waals surface area contributed by atoms with E-state index in [9.17, 15) is 10.2 Å². The van der Waals surface area contributed by atoms with Crippen LogP contribution in [0.5, 0.6) is 0 Å². The van der Waals surface area contributed by atoms with E-state index in [2.05, 4.69) is 41.1 Å². The van der Waals surface area contributed by atoms with Crippen molar-refractivity contribution in [2.24, 2.45) is 0 Å². The highest BCUT2D eigenvalue weighted by Crippen LogP contribution is 2.26. The number of aryl methyl sites for hydroxylation is 1. The molecule has 0 radical (unpaired) electrons. The Balaban J connectivity index is 2.73. The summed E-state index contributed by atoms with van der Waals surface area (Å²) < 4.78 is 1.09. The summed E-state index contributed by atoms with van der Waals surface area (Å²) in [6.45, 7) is 5.72. The largest absolute Gasteiger partial charge is 0.391 e. The molecular formula is C13H19BrO2. The third-order valence-corrected chi connectivity index (χ3v) is 3.77. The lowest BCUT2D eigenvalue weighted by Crippen LogP contribution is -2.24. The van der Waals surface area contributed by atoms with Crippen LogP contribution in [0.15, 0.2) is 22.7 Å². The summed E-state index contributed by atoms with van der Waals surface area (Å²) in [4.78, 5) is 0. The van der Waals surface area contributed by atoms with Gasteiger partial charge in [0.15, 0.2) is 0 Å². The molecule has 0 bridgehead atoms. The fourth-order valence-corrected chi connectivity index (χ4v) is 2.01. The fraction of sp³-hybridized carbons (Fsp3) is 0.538. The number of aliphatic hydroxyl groups excluding tert-OH is 2. The molecule has 1 rings (SSSR count). The topological polar surface area (TPSA) is 40.5 Å². The van der Waals surface area contributed by atoms with Crippen molar-refractivity contribution in [2.45, 2.75) is 45.3 Å². The Morgan fingerprint density at radius 1 is 1.25 bits per heavy atom. The van der Waals surface area contributed by atoms with E-state index in [1.165, 1.54) is 11.1 Å². The Morgan fingerprint density at radius 2 is 1.88 bits per heavy atom. The van der Waals surface area contributed by atoms with Gasteiger partial charge in [0.1, 0.15) is 0 Å². The van der Waals surface area contributed by atoms with Crippen molar-refractivity contribution in [3.8, 4) is 0 Å². The third-order valence-electron chi connectivity index (χ3n) is 2.92. The zero-order chi connectivity index (χ0) is 12.3. The van der Waals surface area contributed by atoms with E-state index in [1.54, 1.807) is 6.92 Å². The molecule has 0 aliphatic rings. The van der Waals surface area contributed by atoms with Gasteiger partial charge in [0.05, 0.1) is 12.2 Å². The standard InChI is InChI=1S/C13H19BrO2/c1-8-4-5-11(7-12(8)14)9(2)6-13(16)10(3)15/h4-5,7,9-10,13,15-16H,6H2,1-3H3. The van der Waals surface area contributed by atoms with Crippen LogP contribution < -0.4 is 0 Å². The molecule has 0 spiro atoms. The number of rotatable bonds is 4. The third kappa shape index (κ3) is 3.58. The molecule has 1 aromatic rings. The lowest BCUT2D eigenvalue weighted by molar-refractivity contribution is 0.0227. The normalized spacial score (nSPS) is 16.9. The minimum atomic E-state index is -0.670. The van der Waals surface area contributed by atoms with Crippen LogP contribution in [0.4, 0.5) is 0 Å². The highest BCUT2D eigenvalue weighted by atomic mass is 79.9. The number of aliphatic hydroxyl groups is 2. The fourth-order valence-electron chi connectivity index (χ4n) is 1.61. The van der Waals surface area contributed by atoms with E-state index in [-0.39, 0.29) is 5.92 Å². The number of benzene rings is 1. The summed E-state index contributed by atoms with van der Waals surface area (Å²) in [5.74, 6) is 0.238. The first-order valence-electron chi connectivity index (χ1n) is 5.54. The second-order valence-electron chi connectivity index (χ2n) is 4.45. The minimum absolute atomic E-state index is 0.238. The number of halogens is 1. The van der Waals surface area contributed by atoms with Gasteiger partial charge in [0.25, 0.3) is 0 Å². The molecule has 2 N–H and O–H groups in total. The summed E-state index contributed by atoms with van der Waals surface area (Å²) >= 11 is 3.50. The maximum absolute atomic E-state index is 9.62. The predicted molar refractivity (Wildman–Crippen MR) is 69.6 cm³/mol. The molecule has 0 fully saturated rings. The van der Waals surface area contributed by atoms with Crippen LogP contribution in [-0.4, -0.2) is 22.4 Å². The summed E-state index contributed by atoms with van der Waals surface area (Å²) in [6.07, 6.45) is -0.751. The Kier molecular flexibility index (Phi) is 4.96. The molecule has 0 aliphatic heterocycles. The maximum Gasteiger partial charge on any atom is 0.0802 e. The van der Waals surface area contributed by atoms with Crippen molar-refractivity contribution in [2.75, 3.05) is 0 Å². The van der Waals surface area contributed by atoms with Crippen molar-refractivity contribution < 1.29 is 10.2 Å². The molecule has 16 heavy (non-hydrogen) atoms. The molecule has 0 aliphatic carbocycles. The molecule has 90 valence electrons. The van der Waals surface area contributed by atoms with Crippen molar-refractivity contribution in [3.05, 3.63) is 33.8 Å². The highest BCUT2D eigenvalue weighted by Gasteiger charge is 2.16. The zero-order valence-corrected chi connectivity index (χ0v) is 11.5. The Labute approximate surface area is 105 Å². The van der Waals surface area contributed by atoms with Crippen molar-refractivity contribution >= 4 is 15.9 Å². The average molecular weight is 287 g/mol. The van der Waals surface area contributed by atoms with E-state index >= 15 is 0 Å². The lowest BCUT2D eigenvalue weighted by Gasteiger charge is -2.19. The van der Waals surface area contributed by atoms with Gasteiger partial charge in [-0.05, 0) is 43.4 Å². The first-order valence-corrected chi connectivity index (χ1v) is 6.33. The molecule has 0 heterocycles. The Bertz CT molecular complexity index is 350. The van der Waals surface area contributed by atoms with Gasteiger partial charge in [-0.25, -0.2) is 0 Å². The zero-order valence-electron chi connectivity index (χ0n) is 9.94. The maximum atomic E-state index is 9.62. The van der Waals surface area contributed by atoms with Gasteiger partial charge in [-0.1, -0.05) is 35.0 Å². The lowest BCUT2D eigenvalue weighted by atomic mass is 9.93. The van der Waals surface area contributed by atoms with Crippen molar-refractivity contribution in [1.29, 1.82) is 0 Å². The SMILES string of the molecule is Cc1ccc(C(C)CC(O)C(C)O)cc1Br. The van der Waals surface area contributed by atoms with E-state index in [0.717, 1.165) is 4.47 Å². The van der Waals surface area contributed by atoms with Crippen LogP contribution in [0.3, 0.4) is 0 Å². The summed E-state index contributed by atoms with van der Waals surface area (Å²) in [5, 5.41) is 18.9. The van der Waals surface area contributed by atoms with Crippen molar-refractivity contribution in [3.63, 3.8) is 0 Å². The molecule has 1 aromatic carbocycles. The van der Waals surface area contributed by atoms with Crippen LogP contribution >= 0.6 is 15.9 Å². The number of hydrogen-bond acceptors (Lipinski definition) is 2. The Morgan fingerprint density at radius 3 is 2.38 bits per heavy atom. The van der Waals surface area contributed by atoms with E-state index in [1.807, 2.05) is 6.92 Å². The molecule has 2 nitrogen and oxygen atoms in total. The van der Waals surface area contributed by atoms with E-state index < -0.39 is 12.2 Å². The van der Waals surface area contributed by atoms with E-state index in [4.69, 9.17) is 0 Å². The van der Waals surface area contributed by atoms with Gasteiger partial charge in [-0.15, -0.1) is 0 Å². The van der Waals surface area contributed by atoms with Crippen LogP contribution in [0, 0.1) is 6.92 Å². The second-order valence-corrected chi connectivity index (χ2v) is 5.31. The summed E-state index contributed by atoms with van der Waals surface area (Å²) in [7, 11) is 0. The molecule has 0 aromatic heterocycles. The first-order chi connectivity index (χ1) is 7.41. The molecule has 0 saturated carbocycles. The molecule has 0 amide bonds. The first kappa shape index (κ1) is 13.7. The number of hydrogen-bond donors (Lipinski definition) is 2. The molecule has 3 atom stereocenters. The van der Waals surface area contributed by atoms with Crippen LogP contribution in [0.2, 0.25) is 0 Å². The van der Waals surface area contributed by atoms with Gasteiger partial charge >= 0.3 is 0 Å². The average Bonchev–Trinajstić information content (AvgIpc) is 2.21. The van der Waals surface area contributed by atoms with E-state index in [0.29, 0.717) is 6.42 Å². The smallest absolute Gasteiger partial charge is 0.0802 e. The Hall–Kier alpha value is -0.380. The molecule has 3 unspecified atom stereocenters. The molecular weight excluding hydrogens is 268 g/mol. The van der Waals surface area contributed by atoms with Crippen LogP contribution in [0.25, 0.3) is 0 Å². The monoisotopic (exact) mass is 286 g/mol. The highest BCUT2D eigenvalue weighted by molar-refractivity contribution is 9.10. The molecule has 3 heteroatoms. The second kappa shape index (κ2) is 5.80. The minimum Gasteiger partial charge on any atom is -0.391 e. The van der Waals surface area contributed by atoms with Crippen LogP contribution in [0.1, 0.15) is 37.3 Å². The summed E-state index contributed by atoms with van der Waals surface area (Å²) in [6, 6.07) is 6.21. The predicted octanol–water partition coefficient (Wildman–Crippen LogP) is 2.99. The van der Waals surface area contributed by atoms with Gasteiger partial charge in [-0.3, -0.25) is 0 Å². The van der Waals surface area contributed by atoms with Crippen LogP contribution in [-0.2, 0) is 0 Å². The van der Waals surface area contributed by atoms with Gasteiger partial charge in [0, 0.05) is 4.47 Å². The summed E-state index contributed by atoms with van der Waals surface area (Å²) in [5.41, 5.74) is 2.38. The quantitative estimate of drug-likeness (QED) is 0.893. The van der Waals surface area contributed by atoms with Gasteiger partial charge in [-0.2, -0.15) is 0 Å². The van der Waals surface area contributed by atoms with Gasteiger partial charge in [0.2, 0.25) is 0 Å².